The maximum Gasteiger partial charge on any atom is 0.407 e. The van der Waals surface area contributed by atoms with E-state index in [1.807, 2.05) is 0 Å². The third kappa shape index (κ3) is 6.68. The third-order valence-electron chi connectivity index (χ3n) is 6.88. The number of carbonyl (C=O) groups is 2. The Morgan fingerprint density at radius 1 is 1.36 bits per heavy atom. The maximum absolute atomic E-state index is 13.8. The molecule has 44 heavy (non-hydrogen) atoms. The molecule has 3 heterocycles. The summed E-state index contributed by atoms with van der Waals surface area (Å²) in [6, 6.07) is -1.50. The summed E-state index contributed by atoms with van der Waals surface area (Å²) < 4.78 is 37.6. The van der Waals surface area contributed by atoms with Gasteiger partial charge in [0, 0.05) is 4.91 Å². The second-order valence-electron chi connectivity index (χ2n) is 10.0. The van der Waals surface area contributed by atoms with Crippen molar-refractivity contribution in [2.24, 2.45) is 5.11 Å². The van der Waals surface area contributed by atoms with Gasteiger partial charge in [-0.15, -0.1) is 0 Å². The molecule has 0 spiro atoms. The average molecular weight is 638 g/mol. The van der Waals surface area contributed by atoms with Gasteiger partial charge in [-0.2, -0.15) is 9.97 Å². The molecule has 0 radical (unpaired) electrons. The predicted octanol–water partition coefficient (Wildman–Crippen LogP) is 2.07. The molecule has 238 valence electrons. The molecule has 2 aromatic heterocycles. The van der Waals surface area contributed by atoms with E-state index in [-0.39, 0.29) is 35.2 Å². The Balaban J connectivity index is 1.65. The molecule has 4 rings (SSSR count). The summed E-state index contributed by atoms with van der Waals surface area (Å²) in [5, 5.41) is 36.5. The number of allylic oxidation sites excluding steroid dienone is 2. The van der Waals surface area contributed by atoms with Gasteiger partial charge in [0.05, 0.1) is 25.6 Å². The van der Waals surface area contributed by atoms with Crippen molar-refractivity contribution < 1.29 is 48.0 Å². The number of carboxylic acids is 2. The lowest BCUT2D eigenvalue weighted by Crippen LogP contribution is -2.43. The lowest BCUT2D eigenvalue weighted by molar-refractivity contribution is -0.143. The molecule has 1 aliphatic carbocycles. The van der Waals surface area contributed by atoms with Gasteiger partial charge in [0.15, 0.2) is 23.5 Å². The van der Waals surface area contributed by atoms with Gasteiger partial charge in [-0.25, -0.2) is 19.4 Å². The fraction of sp³-hybridized carbons (Fsp3) is 0.542. The second-order valence-corrected chi connectivity index (χ2v) is 11.7. The number of hydrogen-bond donors (Lipinski definition) is 5. The fourth-order valence-electron chi connectivity index (χ4n) is 4.68. The Morgan fingerprint density at radius 2 is 2.11 bits per heavy atom. The molecule has 2 aromatic rings. The van der Waals surface area contributed by atoms with Crippen LogP contribution in [-0.4, -0.2) is 89.9 Å². The van der Waals surface area contributed by atoms with Crippen LogP contribution in [0.4, 0.5) is 5.95 Å². The summed E-state index contributed by atoms with van der Waals surface area (Å²) in [5.41, 5.74) is 14.0. The quantitative estimate of drug-likeness (QED) is 0.0857. The third-order valence-corrected chi connectivity index (χ3v) is 8.56. The van der Waals surface area contributed by atoms with Crippen molar-refractivity contribution in [3.05, 3.63) is 40.6 Å². The molecule has 0 bridgehead atoms. The summed E-state index contributed by atoms with van der Waals surface area (Å²) in [4.78, 5) is 39.0. The summed E-state index contributed by atoms with van der Waals surface area (Å²) in [6.45, 7) is 3.81. The van der Waals surface area contributed by atoms with E-state index in [0.29, 0.717) is 12.8 Å². The van der Waals surface area contributed by atoms with E-state index in [4.69, 9.17) is 24.3 Å². The number of rotatable bonds is 14. The molecule has 6 N–H and O–H groups in total. The van der Waals surface area contributed by atoms with Gasteiger partial charge in [0.1, 0.15) is 17.7 Å². The van der Waals surface area contributed by atoms with E-state index in [1.165, 1.54) is 23.9 Å². The van der Waals surface area contributed by atoms with Crippen LogP contribution < -0.4 is 15.6 Å². The number of aliphatic carboxylic acids is 2. The van der Waals surface area contributed by atoms with Crippen LogP contribution in [0.25, 0.3) is 21.6 Å². The Hall–Kier alpha value is -4.09. The molecule has 1 aliphatic heterocycles. The van der Waals surface area contributed by atoms with E-state index in [1.54, 1.807) is 19.1 Å². The first kappa shape index (κ1) is 32.8. The molecule has 0 amide bonds. The highest BCUT2D eigenvalue weighted by Crippen LogP contribution is 2.49. The van der Waals surface area contributed by atoms with Gasteiger partial charge in [-0.1, -0.05) is 23.3 Å². The smallest absolute Gasteiger partial charge is 0.407 e. The van der Waals surface area contributed by atoms with Crippen molar-refractivity contribution in [1.29, 1.82) is 0 Å². The van der Waals surface area contributed by atoms with Crippen molar-refractivity contribution in [3.8, 4) is 5.88 Å². The Labute approximate surface area is 249 Å². The summed E-state index contributed by atoms with van der Waals surface area (Å²) in [6.07, 6.45) is 1.25. The number of nitrogen functional groups attached to an aromatic ring is 1. The molecule has 0 aromatic carbocycles. The van der Waals surface area contributed by atoms with Crippen molar-refractivity contribution in [2.75, 3.05) is 18.9 Å². The minimum atomic E-state index is -4.74. The highest BCUT2D eigenvalue weighted by Gasteiger charge is 2.55. The number of ether oxygens (including phenoxy) is 2. The van der Waals surface area contributed by atoms with Gasteiger partial charge < -0.3 is 30.5 Å². The molecular weight excluding hydrogens is 605 g/mol. The first-order valence-corrected chi connectivity index (χ1v) is 14.9. The number of nitrogens with one attached hydrogen (secondary N) is 1. The minimum absolute atomic E-state index is 0.0882. The second kappa shape index (κ2) is 13.3. The predicted molar refractivity (Wildman–Crippen MR) is 151 cm³/mol. The monoisotopic (exact) mass is 637 g/mol. The zero-order valence-electron chi connectivity index (χ0n) is 23.9. The topological polar surface area (TPSA) is 279 Å². The number of anilines is 1. The Kier molecular flexibility index (Phi) is 9.90. The molecule has 1 saturated heterocycles. The number of aliphatic hydroxyl groups is 1. The van der Waals surface area contributed by atoms with E-state index in [0.717, 1.165) is 6.92 Å². The lowest BCUT2D eigenvalue weighted by Gasteiger charge is -2.28. The average Bonchev–Trinajstić information content (AvgIpc) is 3.49. The summed E-state index contributed by atoms with van der Waals surface area (Å²) in [7, 11) is -4.74. The SMILES string of the molecule is CCOc1nc(N)nc2c1ncn2[C@@H]1O[C@H](COP(=O)(N[C@@H](C)C(=O)O)OC(C(=O)O)C2=CCCC=C2)[C@@H](O)[C@@]1(C)N=[N+]=[N-]. The van der Waals surface area contributed by atoms with Gasteiger partial charge in [0.2, 0.25) is 11.8 Å². The standard InChI is InChI=1S/C24H32N9O10P/c1-4-40-19-15-18(28-23(25)29-19)33(11-27-15)22-24(3,31-32-26)17(34)14(42-22)10-41-44(39,30-12(2)20(35)36)43-16(21(37)38)13-8-6-5-7-9-13/h6,8-9,11-12,14,16-17,22,34H,4-5,7,10H2,1-3H3,(H,30,39)(H,35,36)(H,37,38)(H2,25,28,29)/t12-,14+,16?,17+,22+,24+,44?/m0/s1. The number of fused-ring (bicyclic) bond motifs is 1. The van der Waals surface area contributed by atoms with Crippen molar-refractivity contribution >= 4 is 36.8 Å². The van der Waals surface area contributed by atoms with Crippen LogP contribution in [0.15, 0.2) is 35.2 Å². The van der Waals surface area contributed by atoms with Crippen LogP contribution >= 0.6 is 7.75 Å². The fourth-order valence-corrected chi connectivity index (χ4v) is 6.29. The van der Waals surface area contributed by atoms with E-state index in [2.05, 4.69) is 30.1 Å². The molecule has 0 saturated carbocycles. The zero-order valence-corrected chi connectivity index (χ0v) is 24.8. The van der Waals surface area contributed by atoms with Crippen molar-refractivity contribution in [2.45, 2.75) is 69.7 Å². The van der Waals surface area contributed by atoms with Crippen LogP contribution in [0, 0.1) is 0 Å². The highest BCUT2D eigenvalue weighted by molar-refractivity contribution is 7.51. The molecule has 20 heteroatoms. The van der Waals surface area contributed by atoms with Crippen molar-refractivity contribution in [3.63, 3.8) is 0 Å². The molecule has 19 nitrogen and oxygen atoms in total. The molecule has 2 unspecified atom stereocenters. The number of aliphatic hydroxyl groups excluding tert-OH is 1. The first-order chi connectivity index (χ1) is 20.8. The van der Waals surface area contributed by atoms with E-state index in [9.17, 15) is 35.0 Å². The maximum atomic E-state index is 13.8. The number of imidazole rings is 1. The normalized spacial score (nSPS) is 25.9. The molecule has 7 atom stereocenters. The minimum Gasteiger partial charge on any atom is -0.480 e. The van der Waals surface area contributed by atoms with Gasteiger partial charge in [-0.05, 0) is 44.7 Å². The zero-order chi connectivity index (χ0) is 32.2. The lowest BCUT2D eigenvalue weighted by atomic mass is 9.93. The molecular formula is C24H32N9O10P. The van der Waals surface area contributed by atoms with E-state index < -0.39 is 62.4 Å². The number of azide groups is 1. The van der Waals surface area contributed by atoms with Gasteiger partial charge >= 0.3 is 19.7 Å². The largest absolute Gasteiger partial charge is 0.480 e. The number of nitrogens with zero attached hydrogens (tertiary/aromatic N) is 7. The van der Waals surface area contributed by atoms with E-state index >= 15 is 0 Å². The number of nitrogens with two attached hydrogens (primary N) is 1. The summed E-state index contributed by atoms with van der Waals surface area (Å²) >= 11 is 0. The van der Waals surface area contributed by atoms with Crippen LogP contribution in [-0.2, 0) is 27.9 Å². The Morgan fingerprint density at radius 3 is 2.73 bits per heavy atom. The molecule has 2 aliphatic rings. The van der Waals surface area contributed by atoms with Crippen LogP contribution in [0.1, 0.15) is 39.8 Å². The van der Waals surface area contributed by atoms with Crippen LogP contribution in [0.5, 0.6) is 5.88 Å². The Bertz CT molecular complexity index is 1570. The van der Waals surface area contributed by atoms with Crippen molar-refractivity contribution in [1.82, 2.24) is 24.6 Å². The highest BCUT2D eigenvalue weighted by atomic mass is 31.2. The summed E-state index contributed by atoms with van der Waals surface area (Å²) in [5.74, 6) is -2.98. The van der Waals surface area contributed by atoms with Gasteiger partial charge in [0.25, 0.3) is 0 Å². The van der Waals surface area contributed by atoms with Gasteiger partial charge in [-0.3, -0.25) is 18.4 Å². The molecule has 1 fully saturated rings. The van der Waals surface area contributed by atoms with Crippen LogP contribution in [0.2, 0.25) is 0 Å². The van der Waals surface area contributed by atoms with Crippen LogP contribution in [0.3, 0.4) is 0 Å². The first-order valence-electron chi connectivity index (χ1n) is 13.4. The number of hydrogen-bond acceptors (Lipinski definition) is 13. The number of carboxylic acid groups (broad SMARTS) is 2. The number of aromatic nitrogens is 4.